The van der Waals surface area contributed by atoms with E-state index in [1.807, 2.05) is 0 Å². The Bertz CT molecular complexity index is 845. The monoisotopic (exact) mass is 368 g/mol. The number of sulfone groups is 1. The molecule has 128 valence electrons. The van der Waals surface area contributed by atoms with Gasteiger partial charge in [-0.1, -0.05) is 16.8 Å². The van der Waals surface area contributed by atoms with Crippen molar-refractivity contribution in [2.45, 2.75) is 30.7 Å². The summed E-state index contributed by atoms with van der Waals surface area (Å²) in [6.45, 7) is 2.30. The lowest BCUT2D eigenvalue weighted by atomic mass is 10.1. The average Bonchev–Trinajstić information content (AvgIpc) is 3.15. The Morgan fingerprint density at radius 1 is 1.38 bits per heavy atom. The first-order valence-electron chi connectivity index (χ1n) is 7.58. The minimum atomic E-state index is -3.71. The predicted octanol–water partition coefficient (Wildman–Crippen LogP) is 2.77. The van der Waals surface area contributed by atoms with Crippen LogP contribution in [0.3, 0.4) is 0 Å². The number of hydrogen-bond donors (Lipinski definition) is 0. The maximum Gasteiger partial charge on any atom is 0.238 e. The first-order chi connectivity index (χ1) is 11.4. The molecule has 24 heavy (non-hydrogen) atoms. The summed E-state index contributed by atoms with van der Waals surface area (Å²) in [7, 11) is -3.71. The minimum Gasteiger partial charge on any atom is -0.361 e. The number of nitrogens with zero attached hydrogens (tertiary/aromatic N) is 2. The predicted molar refractivity (Wildman–Crippen MR) is 88.4 cm³/mol. The van der Waals surface area contributed by atoms with Crippen molar-refractivity contribution in [1.29, 1.82) is 0 Å². The van der Waals surface area contributed by atoms with E-state index >= 15 is 0 Å². The molecule has 1 aliphatic rings. The van der Waals surface area contributed by atoms with Gasteiger partial charge in [0.15, 0.2) is 9.84 Å². The van der Waals surface area contributed by atoms with Gasteiger partial charge < -0.3 is 9.42 Å². The molecule has 2 aromatic rings. The molecule has 1 atom stereocenters. The van der Waals surface area contributed by atoms with E-state index in [0.717, 1.165) is 12.8 Å². The summed E-state index contributed by atoms with van der Waals surface area (Å²) in [6, 6.07) is 7.37. The van der Waals surface area contributed by atoms with E-state index in [-0.39, 0.29) is 10.9 Å². The van der Waals surface area contributed by atoms with Crippen molar-refractivity contribution in [3.8, 4) is 0 Å². The number of aromatic nitrogens is 1. The fraction of sp³-hybridized carbons (Fsp3) is 0.375. The van der Waals surface area contributed by atoms with Gasteiger partial charge in [-0.3, -0.25) is 4.79 Å². The van der Waals surface area contributed by atoms with Gasteiger partial charge in [-0.15, -0.1) is 0 Å². The van der Waals surface area contributed by atoms with Gasteiger partial charge in [-0.2, -0.15) is 0 Å². The molecule has 2 heterocycles. The van der Waals surface area contributed by atoms with Gasteiger partial charge in [-0.05, 0) is 44.0 Å². The van der Waals surface area contributed by atoms with Crippen LogP contribution in [-0.2, 0) is 14.6 Å². The zero-order valence-corrected chi connectivity index (χ0v) is 14.7. The second-order valence-electron chi connectivity index (χ2n) is 5.82. The summed E-state index contributed by atoms with van der Waals surface area (Å²) in [5, 5.41) is 4.41. The van der Waals surface area contributed by atoms with Gasteiger partial charge in [0.05, 0.1) is 10.9 Å². The largest absolute Gasteiger partial charge is 0.361 e. The van der Waals surface area contributed by atoms with E-state index < -0.39 is 21.5 Å². The first kappa shape index (κ1) is 17.0. The highest BCUT2D eigenvalue weighted by molar-refractivity contribution is 7.92. The molecule has 1 unspecified atom stereocenters. The summed E-state index contributed by atoms with van der Waals surface area (Å²) in [4.78, 5) is 14.2. The van der Waals surface area contributed by atoms with Gasteiger partial charge in [0.2, 0.25) is 5.91 Å². The third kappa shape index (κ3) is 3.47. The van der Waals surface area contributed by atoms with Crippen molar-refractivity contribution in [2.24, 2.45) is 0 Å². The van der Waals surface area contributed by atoms with E-state index in [2.05, 4.69) is 5.16 Å². The molecule has 1 aromatic heterocycles. The van der Waals surface area contributed by atoms with Crippen molar-refractivity contribution < 1.29 is 17.7 Å². The molecule has 3 rings (SSSR count). The molecule has 1 amide bonds. The van der Waals surface area contributed by atoms with Crippen LogP contribution in [0.2, 0.25) is 5.02 Å². The van der Waals surface area contributed by atoms with Gasteiger partial charge >= 0.3 is 0 Å². The van der Waals surface area contributed by atoms with Crippen molar-refractivity contribution in [3.05, 3.63) is 46.8 Å². The number of rotatable bonds is 4. The third-order valence-corrected chi connectivity index (χ3v) is 5.92. The molecule has 6 nitrogen and oxygen atoms in total. The van der Waals surface area contributed by atoms with Crippen molar-refractivity contribution in [2.75, 3.05) is 12.3 Å². The fourth-order valence-corrected chi connectivity index (χ4v) is 4.22. The van der Waals surface area contributed by atoms with E-state index in [9.17, 15) is 13.2 Å². The minimum absolute atomic E-state index is 0.0910. The van der Waals surface area contributed by atoms with Gasteiger partial charge in [0.25, 0.3) is 0 Å². The van der Waals surface area contributed by atoms with Crippen molar-refractivity contribution in [3.63, 3.8) is 0 Å². The topological polar surface area (TPSA) is 80.5 Å². The second kappa shape index (κ2) is 6.57. The SMILES string of the molecule is Cc1cc(C2CCCN2C(=O)CS(=O)(=O)c2ccc(Cl)cc2)no1. The number of carbonyl (C=O) groups is 1. The number of halogens is 1. The zero-order valence-electron chi connectivity index (χ0n) is 13.1. The number of benzene rings is 1. The molecule has 0 N–H and O–H groups in total. The van der Waals surface area contributed by atoms with Crippen LogP contribution in [0.4, 0.5) is 0 Å². The Balaban J connectivity index is 1.77. The number of carbonyl (C=O) groups excluding carboxylic acids is 1. The average molecular weight is 369 g/mol. The van der Waals surface area contributed by atoms with Gasteiger partial charge in [0.1, 0.15) is 17.2 Å². The maximum absolute atomic E-state index is 12.6. The van der Waals surface area contributed by atoms with E-state index in [0.29, 0.717) is 23.0 Å². The lowest BCUT2D eigenvalue weighted by Gasteiger charge is -2.22. The quantitative estimate of drug-likeness (QED) is 0.828. The molecule has 8 heteroatoms. The van der Waals surface area contributed by atoms with Crippen LogP contribution in [0.5, 0.6) is 0 Å². The van der Waals surface area contributed by atoms with Crippen LogP contribution in [0.1, 0.15) is 30.3 Å². The molecule has 0 bridgehead atoms. The number of amides is 1. The summed E-state index contributed by atoms with van der Waals surface area (Å²) < 4.78 is 29.9. The summed E-state index contributed by atoms with van der Waals surface area (Å²) in [5.74, 6) is -0.326. The standard InChI is InChI=1S/C16H17ClN2O4S/c1-11-9-14(18-23-11)15-3-2-8-19(15)16(20)10-24(21,22)13-6-4-12(17)5-7-13/h4-7,9,15H,2-3,8,10H2,1H3. The first-order valence-corrected chi connectivity index (χ1v) is 9.61. The van der Waals surface area contributed by atoms with Crippen molar-refractivity contribution >= 4 is 27.3 Å². The second-order valence-corrected chi connectivity index (χ2v) is 8.25. The molecular formula is C16H17ClN2O4S. The number of likely N-dealkylation sites (tertiary alicyclic amines) is 1. The summed E-state index contributed by atoms with van der Waals surface area (Å²) in [5.41, 5.74) is 0.669. The van der Waals surface area contributed by atoms with Gasteiger partial charge in [0, 0.05) is 17.6 Å². The van der Waals surface area contributed by atoms with Crippen LogP contribution in [0.25, 0.3) is 0 Å². The highest BCUT2D eigenvalue weighted by Crippen LogP contribution is 2.32. The fourth-order valence-electron chi connectivity index (χ4n) is 2.89. The molecule has 1 aliphatic heterocycles. The smallest absolute Gasteiger partial charge is 0.238 e. The van der Waals surface area contributed by atoms with Crippen LogP contribution in [0, 0.1) is 6.92 Å². The Kier molecular flexibility index (Phi) is 4.64. The highest BCUT2D eigenvalue weighted by Gasteiger charge is 2.34. The number of aryl methyl sites for hydroxylation is 1. The maximum atomic E-state index is 12.6. The summed E-state index contributed by atoms with van der Waals surface area (Å²) >= 11 is 5.77. The Morgan fingerprint density at radius 3 is 2.71 bits per heavy atom. The van der Waals surface area contributed by atoms with Crippen LogP contribution >= 0.6 is 11.6 Å². The molecule has 0 aliphatic carbocycles. The Hall–Kier alpha value is -1.86. The number of hydrogen-bond acceptors (Lipinski definition) is 5. The van der Waals surface area contributed by atoms with Crippen LogP contribution < -0.4 is 0 Å². The molecule has 0 spiro atoms. The van der Waals surface area contributed by atoms with E-state index in [1.165, 1.54) is 24.3 Å². The molecule has 0 radical (unpaired) electrons. The normalized spacial score (nSPS) is 18.1. The molecule has 1 saturated heterocycles. The molecule has 1 aromatic carbocycles. The molecule has 0 saturated carbocycles. The third-order valence-electron chi connectivity index (χ3n) is 4.05. The van der Waals surface area contributed by atoms with E-state index in [1.54, 1.807) is 17.9 Å². The zero-order chi connectivity index (χ0) is 17.3. The van der Waals surface area contributed by atoms with Crippen LogP contribution in [-0.4, -0.2) is 36.7 Å². The van der Waals surface area contributed by atoms with Crippen molar-refractivity contribution in [1.82, 2.24) is 10.1 Å². The highest BCUT2D eigenvalue weighted by atomic mass is 35.5. The van der Waals surface area contributed by atoms with Crippen LogP contribution in [0.15, 0.2) is 39.8 Å². The summed E-state index contributed by atoms with van der Waals surface area (Å²) in [6.07, 6.45) is 1.56. The van der Waals surface area contributed by atoms with E-state index in [4.69, 9.17) is 16.1 Å². The Labute approximate surface area is 145 Å². The van der Waals surface area contributed by atoms with Gasteiger partial charge in [-0.25, -0.2) is 8.42 Å². The Morgan fingerprint density at radius 2 is 2.08 bits per heavy atom. The lowest BCUT2D eigenvalue weighted by Crippen LogP contribution is -2.35. The lowest BCUT2D eigenvalue weighted by molar-refractivity contribution is -0.129. The molecule has 1 fully saturated rings. The molecular weight excluding hydrogens is 352 g/mol.